The summed E-state index contributed by atoms with van der Waals surface area (Å²) >= 11 is 0. The molecule has 0 saturated carbocycles. The molecule has 30 heavy (non-hydrogen) atoms. The molecule has 0 saturated heterocycles. The van der Waals surface area contributed by atoms with E-state index in [9.17, 15) is 9.59 Å². The zero-order valence-electron chi connectivity index (χ0n) is 17.4. The maximum atomic E-state index is 13.3. The molecule has 0 aliphatic carbocycles. The second-order valence-electron chi connectivity index (χ2n) is 7.62. The molecule has 0 radical (unpaired) electrons. The quantitative estimate of drug-likeness (QED) is 0.550. The number of fused-ring (bicyclic) bond motifs is 2. The molecule has 1 atom stereocenters. The first-order valence-corrected chi connectivity index (χ1v) is 10.1. The van der Waals surface area contributed by atoms with Crippen molar-refractivity contribution in [2.24, 2.45) is 0 Å². The van der Waals surface area contributed by atoms with Gasteiger partial charge in [0, 0.05) is 13.2 Å². The fourth-order valence-corrected chi connectivity index (χ4v) is 3.88. The molecule has 1 aromatic heterocycles. The Morgan fingerprint density at radius 2 is 1.80 bits per heavy atom. The minimum atomic E-state index is -0.502. The van der Waals surface area contributed by atoms with E-state index in [1.54, 1.807) is 36.3 Å². The Bertz CT molecular complexity index is 1120. The number of hydrogen-bond donors (Lipinski definition) is 0. The molecule has 1 aliphatic heterocycles. The van der Waals surface area contributed by atoms with Gasteiger partial charge in [-0.2, -0.15) is 0 Å². The number of carbonyl (C=O) groups excluding carboxylic acids is 1. The van der Waals surface area contributed by atoms with Gasteiger partial charge in [0.1, 0.15) is 11.3 Å². The van der Waals surface area contributed by atoms with Crippen molar-refractivity contribution < 1.29 is 18.7 Å². The van der Waals surface area contributed by atoms with Crippen LogP contribution in [-0.4, -0.2) is 37.2 Å². The van der Waals surface area contributed by atoms with Gasteiger partial charge in [0.25, 0.3) is 5.91 Å². The van der Waals surface area contributed by atoms with Gasteiger partial charge in [-0.25, -0.2) is 0 Å². The highest BCUT2D eigenvalue weighted by molar-refractivity contribution is 5.99. The predicted molar refractivity (Wildman–Crippen MR) is 114 cm³/mol. The van der Waals surface area contributed by atoms with Crippen LogP contribution in [0, 0.1) is 0 Å². The molecule has 6 heteroatoms. The average Bonchev–Trinajstić information content (AvgIpc) is 3.03. The van der Waals surface area contributed by atoms with E-state index in [4.69, 9.17) is 13.9 Å². The molecular formula is C24H25NO5. The van der Waals surface area contributed by atoms with E-state index in [-0.39, 0.29) is 23.2 Å². The summed E-state index contributed by atoms with van der Waals surface area (Å²) < 4.78 is 16.8. The van der Waals surface area contributed by atoms with Gasteiger partial charge in [0.05, 0.1) is 30.2 Å². The van der Waals surface area contributed by atoms with E-state index in [1.165, 1.54) is 0 Å². The number of methoxy groups -OCH3 is 1. The highest BCUT2D eigenvalue weighted by Crippen LogP contribution is 2.38. The summed E-state index contributed by atoms with van der Waals surface area (Å²) in [6.07, 6.45) is 0.792. The van der Waals surface area contributed by atoms with Crippen LogP contribution in [0.1, 0.15) is 48.0 Å². The molecule has 6 nitrogen and oxygen atoms in total. The Morgan fingerprint density at radius 1 is 1.07 bits per heavy atom. The molecule has 1 amide bonds. The van der Waals surface area contributed by atoms with Crippen LogP contribution in [0.5, 0.6) is 5.75 Å². The molecule has 3 aromatic rings. The molecule has 2 heterocycles. The molecular weight excluding hydrogens is 382 g/mol. The van der Waals surface area contributed by atoms with Crippen LogP contribution in [0.2, 0.25) is 0 Å². The lowest BCUT2D eigenvalue weighted by Gasteiger charge is -2.25. The van der Waals surface area contributed by atoms with Crippen molar-refractivity contribution in [1.82, 2.24) is 4.90 Å². The Balaban J connectivity index is 1.78. The lowest BCUT2D eigenvalue weighted by Crippen LogP contribution is -2.31. The maximum absolute atomic E-state index is 13.3. The number of amides is 1. The van der Waals surface area contributed by atoms with Crippen molar-refractivity contribution >= 4 is 16.9 Å². The summed E-state index contributed by atoms with van der Waals surface area (Å²) in [4.78, 5) is 28.3. The first-order valence-electron chi connectivity index (χ1n) is 10.1. The first-order chi connectivity index (χ1) is 14.5. The first kappa shape index (κ1) is 20.2. The van der Waals surface area contributed by atoms with Crippen LogP contribution >= 0.6 is 0 Å². The number of ether oxygens (including phenoxy) is 2. The number of carbonyl (C=O) groups is 1. The third kappa shape index (κ3) is 3.59. The lowest BCUT2D eigenvalue weighted by atomic mass is 9.98. The minimum absolute atomic E-state index is 0.127. The number of para-hydroxylation sites is 1. The Hall–Kier alpha value is -3.12. The normalized spacial score (nSPS) is 15.8. The predicted octanol–water partition coefficient (Wildman–Crippen LogP) is 4.16. The van der Waals surface area contributed by atoms with Crippen molar-refractivity contribution in [2.75, 3.05) is 20.3 Å². The lowest BCUT2D eigenvalue weighted by molar-refractivity contribution is 0.0593. The molecule has 0 bridgehead atoms. The van der Waals surface area contributed by atoms with E-state index in [2.05, 4.69) is 0 Å². The second-order valence-corrected chi connectivity index (χ2v) is 7.62. The summed E-state index contributed by atoms with van der Waals surface area (Å²) in [7, 11) is 1.60. The molecule has 2 aromatic carbocycles. The summed E-state index contributed by atoms with van der Waals surface area (Å²) in [6, 6.07) is 14.0. The number of benzene rings is 2. The number of rotatable bonds is 7. The molecule has 156 valence electrons. The summed E-state index contributed by atoms with van der Waals surface area (Å²) in [5.74, 6) is 0.577. The van der Waals surface area contributed by atoms with Crippen LogP contribution in [0.3, 0.4) is 0 Å². The number of hydrogen-bond acceptors (Lipinski definition) is 5. The summed E-state index contributed by atoms with van der Waals surface area (Å²) in [5, 5.41) is 0.479. The van der Waals surface area contributed by atoms with Crippen LogP contribution in [0.25, 0.3) is 11.0 Å². The van der Waals surface area contributed by atoms with Gasteiger partial charge in [0.15, 0.2) is 5.43 Å². The van der Waals surface area contributed by atoms with E-state index >= 15 is 0 Å². The van der Waals surface area contributed by atoms with E-state index in [0.29, 0.717) is 41.9 Å². The van der Waals surface area contributed by atoms with E-state index in [0.717, 1.165) is 5.56 Å². The van der Waals surface area contributed by atoms with Gasteiger partial charge in [-0.1, -0.05) is 24.3 Å². The standard InChI is InChI=1S/C24H25NO5/c1-15(2)29-14-6-13-25-21(16-9-11-17(28-3)12-10-16)20-22(26)18-7-4-5-8-19(18)30-23(20)24(25)27/h4-5,7-12,15,21H,6,13-14H2,1-3H3/t21-/m0/s1. The topological polar surface area (TPSA) is 69.0 Å². The fraction of sp³-hybridized carbons (Fsp3) is 0.333. The zero-order valence-corrected chi connectivity index (χ0v) is 17.4. The van der Waals surface area contributed by atoms with Crippen molar-refractivity contribution in [3.05, 3.63) is 75.6 Å². The summed E-state index contributed by atoms with van der Waals surface area (Å²) in [6.45, 7) is 4.95. The monoisotopic (exact) mass is 407 g/mol. The van der Waals surface area contributed by atoms with Crippen molar-refractivity contribution in [3.63, 3.8) is 0 Å². The summed E-state index contributed by atoms with van der Waals surface area (Å²) in [5.41, 5.74) is 1.50. The minimum Gasteiger partial charge on any atom is -0.497 e. The van der Waals surface area contributed by atoms with Crippen LogP contribution < -0.4 is 10.2 Å². The van der Waals surface area contributed by atoms with Gasteiger partial charge < -0.3 is 18.8 Å². The van der Waals surface area contributed by atoms with E-state index < -0.39 is 6.04 Å². The highest BCUT2D eigenvalue weighted by atomic mass is 16.5. The van der Waals surface area contributed by atoms with Gasteiger partial charge in [-0.15, -0.1) is 0 Å². The van der Waals surface area contributed by atoms with Crippen molar-refractivity contribution in [1.29, 1.82) is 0 Å². The van der Waals surface area contributed by atoms with Crippen molar-refractivity contribution in [3.8, 4) is 5.75 Å². The molecule has 0 fully saturated rings. The van der Waals surface area contributed by atoms with Gasteiger partial charge in [-0.05, 0) is 50.1 Å². The molecule has 1 aliphatic rings. The smallest absolute Gasteiger partial charge is 0.290 e. The third-order valence-corrected chi connectivity index (χ3v) is 5.30. The SMILES string of the molecule is COc1ccc([C@H]2c3c(oc4ccccc4c3=O)C(=O)N2CCCOC(C)C)cc1. The second kappa shape index (κ2) is 8.32. The van der Waals surface area contributed by atoms with Crippen molar-refractivity contribution in [2.45, 2.75) is 32.4 Å². The Morgan fingerprint density at radius 3 is 2.50 bits per heavy atom. The van der Waals surface area contributed by atoms with E-state index in [1.807, 2.05) is 38.1 Å². The largest absolute Gasteiger partial charge is 0.497 e. The molecule has 0 spiro atoms. The fourth-order valence-electron chi connectivity index (χ4n) is 3.88. The molecule has 0 N–H and O–H groups in total. The Kier molecular flexibility index (Phi) is 5.59. The zero-order chi connectivity index (χ0) is 21.3. The third-order valence-electron chi connectivity index (χ3n) is 5.30. The number of nitrogens with zero attached hydrogens (tertiary/aromatic N) is 1. The van der Waals surface area contributed by atoms with Gasteiger partial charge in [0.2, 0.25) is 5.76 Å². The van der Waals surface area contributed by atoms with Crippen LogP contribution in [0.4, 0.5) is 0 Å². The molecule has 4 rings (SSSR count). The maximum Gasteiger partial charge on any atom is 0.290 e. The highest BCUT2D eigenvalue weighted by Gasteiger charge is 2.42. The van der Waals surface area contributed by atoms with Gasteiger partial charge in [-0.3, -0.25) is 9.59 Å². The molecule has 0 unspecified atom stereocenters. The van der Waals surface area contributed by atoms with Gasteiger partial charge >= 0.3 is 0 Å². The average molecular weight is 407 g/mol. The Labute approximate surface area is 175 Å². The van der Waals surface area contributed by atoms with Crippen LogP contribution in [0.15, 0.2) is 57.7 Å². The van der Waals surface area contributed by atoms with Crippen LogP contribution in [-0.2, 0) is 4.74 Å².